The van der Waals surface area contributed by atoms with Gasteiger partial charge in [0.05, 0.1) is 20.3 Å². The molecule has 2 aromatic rings. The van der Waals surface area contributed by atoms with E-state index in [9.17, 15) is 0 Å². The van der Waals surface area contributed by atoms with Gasteiger partial charge in [0.2, 0.25) is 0 Å². The molecule has 0 saturated heterocycles. The number of methoxy groups -OCH3 is 2. The SMILES string of the molecule is COc1cc([C@@H](O[Si](C)(C)C(C)(C)C)[C@H](CI)CCCc2ccccc2)cc(OC)c1C. The van der Waals surface area contributed by atoms with Gasteiger partial charge in [-0.15, -0.1) is 0 Å². The lowest BCUT2D eigenvalue weighted by atomic mass is 9.91. The number of aryl methyl sites for hydroxylation is 1. The zero-order chi connectivity index (χ0) is 23.9. The Kier molecular flexibility index (Phi) is 10.1. The molecule has 0 saturated carbocycles. The lowest BCUT2D eigenvalue weighted by molar-refractivity contribution is 0.123. The van der Waals surface area contributed by atoms with Gasteiger partial charge < -0.3 is 13.9 Å². The summed E-state index contributed by atoms with van der Waals surface area (Å²) in [5.74, 6) is 2.14. The zero-order valence-electron chi connectivity index (χ0n) is 21.1. The fourth-order valence-corrected chi connectivity index (χ4v) is 5.94. The van der Waals surface area contributed by atoms with Crippen LogP contribution in [0.3, 0.4) is 0 Å². The quantitative estimate of drug-likeness (QED) is 0.156. The summed E-state index contributed by atoms with van der Waals surface area (Å²) in [5, 5.41) is 0.143. The number of hydrogen-bond acceptors (Lipinski definition) is 3. The second-order valence-corrected chi connectivity index (χ2v) is 15.8. The third kappa shape index (κ3) is 6.97. The van der Waals surface area contributed by atoms with E-state index in [0.29, 0.717) is 5.92 Å². The highest BCUT2D eigenvalue weighted by Crippen LogP contribution is 2.44. The average molecular weight is 569 g/mol. The van der Waals surface area contributed by atoms with Crippen LogP contribution in [0.4, 0.5) is 0 Å². The number of hydrogen-bond donors (Lipinski definition) is 0. The smallest absolute Gasteiger partial charge is 0.192 e. The van der Waals surface area contributed by atoms with Crippen molar-refractivity contribution >= 4 is 30.9 Å². The van der Waals surface area contributed by atoms with E-state index < -0.39 is 8.32 Å². The fraction of sp³-hybridized carbons (Fsp3) is 0.556. The Morgan fingerprint density at radius 1 is 0.969 bits per heavy atom. The third-order valence-corrected chi connectivity index (χ3v) is 12.4. The van der Waals surface area contributed by atoms with Gasteiger partial charge in [-0.2, -0.15) is 0 Å². The van der Waals surface area contributed by atoms with Gasteiger partial charge in [-0.05, 0) is 73.5 Å². The molecule has 2 aromatic carbocycles. The van der Waals surface area contributed by atoms with Gasteiger partial charge >= 0.3 is 0 Å². The van der Waals surface area contributed by atoms with Gasteiger partial charge in [0, 0.05) is 9.99 Å². The molecule has 0 aromatic heterocycles. The Labute approximate surface area is 210 Å². The first-order valence-corrected chi connectivity index (χ1v) is 16.0. The van der Waals surface area contributed by atoms with Crippen LogP contribution in [0.25, 0.3) is 0 Å². The molecule has 0 amide bonds. The Morgan fingerprint density at radius 3 is 2.00 bits per heavy atom. The molecule has 0 radical (unpaired) electrons. The molecule has 32 heavy (non-hydrogen) atoms. The number of ether oxygens (including phenoxy) is 2. The molecule has 0 aliphatic carbocycles. The van der Waals surface area contributed by atoms with Crippen LogP contribution in [-0.2, 0) is 10.8 Å². The Balaban J connectivity index is 2.38. The fourth-order valence-electron chi connectivity index (χ4n) is 3.72. The van der Waals surface area contributed by atoms with Crippen LogP contribution in [-0.4, -0.2) is 27.0 Å². The minimum Gasteiger partial charge on any atom is -0.496 e. The lowest BCUT2D eigenvalue weighted by Crippen LogP contribution is -2.43. The van der Waals surface area contributed by atoms with Gasteiger partial charge in [0.1, 0.15) is 11.5 Å². The summed E-state index contributed by atoms with van der Waals surface area (Å²) in [4.78, 5) is 0. The number of halogens is 1. The first-order valence-electron chi connectivity index (χ1n) is 11.5. The molecule has 0 spiro atoms. The van der Waals surface area contributed by atoms with Gasteiger partial charge in [0.15, 0.2) is 8.32 Å². The molecule has 2 atom stereocenters. The highest BCUT2D eigenvalue weighted by molar-refractivity contribution is 14.1. The van der Waals surface area contributed by atoms with Crippen LogP contribution in [0.2, 0.25) is 18.1 Å². The molecule has 2 rings (SSSR count). The minimum atomic E-state index is -1.99. The van der Waals surface area contributed by atoms with Gasteiger partial charge in [-0.1, -0.05) is 73.7 Å². The first-order chi connectivity index (χ1) is 15.0. The second kappa shape index (κ2) is 11.9. The Morgan fingerprint density at radius 2 is 1.53 bits per heavy atom. The normalized spacial score (nSPS) is 14.2. The van der Waals surface area contributed by atoms with E-state index in [0.717, 1.165) is 46.3 Å². The van der Waals surface area contributed by atoms with Crippen LogP contribution in [0.15, 0.2) is 42.5 Å². The van der Waals surface area contributed by atoms with Crippen LogP contribution < -0.4 is 9.47 Å². The highest BCUT2D eigenvalue weighted by atomic mass is 127. The van der Waals surface area contributed by atoms with Crippen molar-refractivity contribution in [3.8, 4) is 11.5 Å². The van der Waals surface area contributed by atoms with E-state index in [-0.39, 0.29) is 11.1 Å². The van der Waals surface area contributed by atoms with E-state index in [4.69, 9.17) is 13.9 Å². The average Bonchev–Trinajstić information content (AvgIpc) is 2.75. The largest absolute Gasteiger partial charge is 0.496 e. The van der Waals surface area contributed by atoms with Crippen LogP contribution in [0, 0.1) is 12.8 Å². The van der Waals surface area contributed by atoms with Crippen LogP contribution in [0.1, 0.15) is 56.4 Å². The van der Waals surface area contributed by atoms with Crippen molar-refractivity contribution in [3.05, 3.63) is 59.2 Å². The van der Waals surface area contributed by atoms with Crippen molar-refractivity contribution in [3.63, 3.8) is 0 Å². The third-order valence-electron chi connectivity index (χ3n) is 6.84. The zero-order valence-corrected chi connectivity index (χ0v) is 24.3. The lowest BCUT2D eigenvalue weighted by Gasteiger charge is -2.41. The van der Waals surface area contributed by atoms with Gasteiger partial charge in [-0.25, -0.2) is 0 Å². The Hall–Kier alpha value is -1.05. The van der Waals surface area contributed by atoms with E-state index in [1.54, 1.807) is 14.2 Å². The van der Waals surface area contributed by atoms with Crippen molar-refractivity contribution in [2.75, 3.05) is 18.6 Å². The topological polar surface area (TPSA) is 27.7 Å². The molecular weight excluding hydrogens is 527 g/mol. The van der Waals surface area contributed by atoms with E-state index in [1.807, 2.05) is 6.92 Å². The van der Waals surface area contributed by atoms with E-state index in [2.05, 4.69) is 98.9 Å². The summed E-state index contributed by atoms with van der Waals surface area (Å²) in [6.45, 7) is 13.7. The number of rotatable bonds is 11. The van der Waals surface area contributed by atoms with Crippen molar-refractivity contribution in [1.82, 2.24) is 0 Å². The summed E-state index contributed by atoms with van der Waals surface area (Å²) < 4.78 is 19.6. The van der Waals surface area contributed by atoms with Crippen molar-refractivity contribution in [2.24, 2.45) is 5.92 Å². The van der Waals surface area contributed by atoms with Crippen molar-refractivity contribution in [1.29, 1.82) is 0 Å². The molecule has 0 aliphatic heterocycles. The minimum absolute atomic E-state index is 0.0203. The maximum atomic E-state index is 7.11. The molecule has 0 heterocycles. The van der Waals surface area contributed by atoms with Crippen LogP contribution >= 0.6 is 22.6 Å². The number of alkyl halides is 1. The van der Waals surface area contributed by atoms with Gasteiger partial charge in [0.25, 0.3) is 0 Å². The molecule has 0 N–H and O–H groups in total. The number of benzene rings is 2. The van der Waals surface area contributed by atoms with Crippen molar-refractivity contribution in [2.45, 2.75) is 71.2 Å². The summed E-state index contributed by atoms with van der Waals surface area (Å²) in [6.07, 6.45) is 3.39. The molecule has 178 valence electrons. The van der Waals surface area contributed by atoms with Crippen molar-refractivity contribution < 1.29 is 13.9 Å². The standard InChI is InChI=1S/C27H41IO3Si/c1-20-24(29-5)17-23(18-25(20)30-6)26(31-32(7,8)27(2,3)4)22(19-28)16-12-15-21-13-10-9-11-14-21/h9-11,13-14,17-18,22,26H,12,15-16,19H2,1-8H3/t22-,26-/m0/s1. The van der Waals surface area contributed by atoms with E-state index >= 15 is 0 Å². The molecule has 3 nitrogen and oxygen atoms in total. The summed E-state index contributed by atoms with van der Waals surface area (Å²) >= 11 is 2.53. The molecule has 5 heteroatoms. The first kappa shape index (κ1) is 27.2. The highest BCUT2D eigenvalue weighted by Gasteiger charge is 2.41. The molecule has 0 bridgehead atoms. The van der Waals surface area contributed by atoms with Gasteiger partial charge in [-0.3, -0.25) is 0 Å². The predicted octanol–water partition coefficient (Wildman–Crippen LogP) is 8.15. The summed E-state index contributed by atoms with van der Waals surface area (Å²) in [5.41, 5.74) is 3.59. The maximum Gasteiger partial charge on any atom is 0.192 e. The van der Waals surface area contributed by atoms with E-state index in [1.165, 1.54) is 5.56 Å². The molecular formula is C27H41IO3Si. The maximum absolute atomic E-state index is 7.11. The summed E-state index contributed by atoms with van der Waals surface area (Å²) in [6, 6.07) is 15.1. The predicted molar refractivity (Wildman–Crippen MR) is 147 cm³/mol. The monoisotopic (exact) mass is 568 g/mol. The second-order valence-electron chi connectivity index (χ2n) is 10.1. The van der Waals surface area contributed by atoms with Crippen LogP contribution in [0.5, 0.6) is 11.5 Å². The molecule has 0 fully saturated rings. The molecule has 0 aliphatic rings. The Bertz CT molecular complexity index is 821. The summed E-state index contributed by atoms with van der Waals surface area (Å²) in [7, 11) is 1.47. The molecule has 0 unspecified atom stereocenters.